The van der Waals surface area contributed by atoms with Crippen LogP contribution in [0.1, 0.15) is 36.8 Å². The number of benzene rings is 1. The zero-order chi connectivity index (χ0) is 14.9. The van der Waals surface area contributed by atoms with Gasteiger partial charge in [-0.05, 0) is 72.7 Å². The lowest BCUT2D eigenvalue weighted by Crippen LogP contribution is -2.33. The van der Waals surface area contributed by atoms with E-state index >= 15 is 0 Å². The smallest absolute Gasteiger partial charge is 0.381 e. The second kappa shape index (κ2) is 5.96. The maximum absolute atomic E-state index is 12.6. The summed E-state index contributed by atoms with van der Waals surface area (Å²) in [4.78, 5) is 0. The van der Waals surface area contributed by atoms with Gasteiger partial charge in [0.2, 0.25) is 0 Å². The summed E-state index contributed by atoms with van der Waals surface area (Å²) in [5.41, 5.74) is 3.29. The predicted molar refractivity (Wildman–Crippen MR) is 79.0 cm³/mol. The molecule has 0 unspecified atom stereocenters. The van der Waals surface area contributed by atoms with Gasteiger partial charge in [-0.25, -0.2) is 0 Å². The lowest BCUT2D eigenvalue weighted by Gasteiger charge is -2.31. The number of rotatable bonds is 2. The molecule has 0 aliphatic heterocycles. The molecule has 112 valence electrons. The number of halogens is 4. The lowest BCUT2D eigenvalue weighted by molar-refractivity contribution is -0.182. The molecule has 20 heavy (non-hydrogen) atoms. The van der Waals surface area contributed by atoms with Crippen molar-refractivity contribution in [1.82, 2.24) is 0 Å². The van der Waals surface area contributed by atoms with Crippen LogP contribution < -0.4 is 5.32 Å². The average molecular weight is 350 g/mol. The van der Waals surface area contributed by atoms with E-state index in [1.165, 1.54) is 5.56 Å². The lowest BCUT2D eigenvalue weighted by atomic mass is 9.85. The van der Waals surface area contributed by atoms with Crippen molar-refractivity contribution in [3.05, 3.63) is 27.7 Å². The molecule has 1 saturated carbocycles. The van der Waals surface area contributed by atoms with E-state index in [-0.39, 0.29) is 18.9 Å². The minimum atomic E-state index is -4.04. The molecule has 1 aliphatic rings. The Kier molecular flexibility index (Phi) is 4.67. The number of hydrogen-bond acceptors (Lipinski definition) is 1. The Hall–Kier alpha value is -0.710. The van der Waals surface area contributed by atoms with Crippen LogP contribution in [-0.2, 0) is 0 Å². The molecule has 0 atom stereocenters. The Balaban J connectivity index is 2.00. The van der Waals surface area contributed by atoms with Crippen molar-refractivity contribution in [2.45, 2.75) is 51.7 Å². The highest BCUT2D eigenvalue weighted by Gasteiger charge is 2.41. The van der Waals surface area contributed by atoms with Gasteiger partial charge in [0.05, 0.1) is 11.6 Å². The molecular weight excluding hydrogens is 331 g/mol. The molecule has 0 amide bonds. The first-order chi connectivity index (χ1) is 9.27. The van der Waals surface area contributed by atoms with E-state index in [2.05, 4.69) is 27.3 Å². The zero-order valence-corrected chi connectivity index (χ0v) is 13.2. The van der Waals surface area contributed by atoms with E-state index in [1.807, 2.05) is 19.9 Å². The topological polar surface area (TPSA) is 12.0 Å². The SMILES string of the molecule is Cc1cc(C)c(NC2CCC(C(F)(F)F)CC2)c(Br)c1. The van der Waals surface area contributed by atoms with Crippen molar-refractivity contribution in [3.8, 4) is 0 Å². The Morgan fingerprint density at radius 2 is 1.70 bits per heavy atom. The van der Waals surface area contributed by atoms with Gasteiger partial charge in [0.1, 0.15) is 0 Å². The molecule has 1 nitrogen and oxygen atoms in total. The van der Waals surface area contributed by atoms with Gasteiger partial charge in [0.15, 0.2) is 0 Å². The summed E-state index contributed by atoms with van der Waals surface area (Å²) in [6.07, 6.45) is -2.44. The largest absolute Gasteiger partial charge is 0.391 e. The van der Waals surface area contributed by atoms with E-state index in [1.54, 1.807) is 0 Å². The molecule has 0 saturated heterocycles. The number of alkyl halides is 3. The highest BCUT2D eigenvalue weighted by Crippen LogP contribution is 2.39. The van der Waals surface area contributed by atoms with E-state index in [0.717, 1.165) is 15.7 Å². The number of aryl methyl sites for hydroxylation is 2. The third kappa shape index (κ3) is 3.68. The van der Waals surface area contributed by atoms with Crippen LogP contribution >= 0.6 is 15.9 Å². The quantitative estimate of drug-likeness (QED) is 0.732. The van der Waals surface area contributed by atoms with Crippen molar-refractivity contribution in [2.75, 3.05) is 5.32 Å². The van der Waals surface area contributed by atoms with Gasteiger partial charge in [-0.1, -0.05) is 6.07 Å². The predicted octanol–water partition coefficient (Wildman–Crippen LogP) is 5.60. The van der Waals surface area contributed by atoms with Crippen molar-refractivity contribution >= 4 is 21.6 Å². The molecule has 1 aromatic carbocycles. The van der Waals surface area contributed by atoms with Crippen LogP contribution in [0.5, 0.6) is 0 Å². The first-order valence-corrected chi connectivity index (χ1v) is 7.66. The molecule has 1 aliphatic carbocycles. The van der Waals surface area contributed by atoms with Crippen LogP contribution in [0.15, 0.2) is 16.6 Å². The van der Waals surface area contributed by atoms with Gasteiger partial charge in [-0.15, -0.1) is 0 Å². The second-order valence-corrected chi connectivity index (χ2v) is 6.53. The molecule has 2 rings (SSSR count). The molecule has 0 bridgehead atoms. The molecule has 1 fully saturated rings. The average Bonchev–Trinajstić information content (AvgIpc) is 2.33. The summed E-state index contributed by atoms with van der Waals surface area (Å²) in [7, 11) is 0. The fraction of sp³-hybridized carbons (Fsp3) is 0.600. The van der Waals surface area contributed by atoms with Gasteiger partial charge in [0, 0.05) is 10.5 Å². The molecule has 0 aromatic heterocycles. The van der Waals surface area contributed by atoms with Crippen molar-refractivity contribution in [1.29, 1.82) is 0 Å². The maximum atomic E-state index is 12.6. The normalized spacial score (nSPS) is 23.7. The molecular formula is C15H19BrF3N. The Morgan fingerprint density at radius 1 is 1.10 bits per heavy atom. The molecule has 5 heteroatoms. The molecule has 0 radical (unpaired) electrons. The maximum Gasteiger partial charge on any atom is 0.391 e. The summed E-state index contributed by atoms with van der Waals surface area (Å²) < 4.78 is 38.9. The highest BCUT2D eigenvalue weighted by atomic mass is 79.9. The first kappa shape index (κ1) is 15.7. The zero-order valence-electron chi connectivity index (χ0n) is 11.6. The van der Waals surface area contributed by atoms with Crippen LogP contribution in [0.2, 0.25) is 0 Å². The van der Waals surface area contributed by atoms with Gasteiger partial charge in [0.25, 0.3) is 0 Å². The van der Waals surface area contributed by atoms with E-state index in [9.17, 15) is 13.2 Å². The van der Waals surface area contributed by atoms with Gasteiger partial charge >= 0.3 is 6.18 Å². The van der Waals surface area contributed by atoms with Crippen molar-refractivity contribution in [3.63, 3.8) is 0 Å². The Bertz CT molecular complexity index is 453. The summed E-state index contributed by atoms with van der Waals surface area (Å²) in [5.74, 6) is -1.12. The fourth-order valence-corrected chi connectivity index (χ4v) is 3.66. The summed E-state index contributed by atoms with van der Waals surface area (Å²) in [6.45, 7) is 4.04. The molecule has 1 aromatic rings. The molecule has 0 heterocycles. The molecule has 1 N–H and O–H groups in total. The minimum Gasteiger partial charge on any atom is -0.381 e. The molecule has 0 spiro atoms. The summed E-state index contributed by atoms with van der Waals surface area (Å²) in [5, 5.41) is 3.40. The van der Waals surface area contributed by atoms with Crippen LogP contribution in [0.25, 0.3) is 0 Å². The standard InChI is InChI=1S/C15H19BrF3N/c1-9-7-10(2)14(13(16)8-9)20-12-5-3-11(4-6-12)15(17,18)19/h7-8,11-12,20H,3-6H2,1-2H3. The van der Waals surface area contributed by atoms with E-state index < -0.39 is 12.1 Å². The van der Waals surface area contributed by atoms with E-state index in [0.29, 0.717) is 12.8 Å². The van der Waals surface area contributed by atoms with Crippen LogP contribution in [-0.4, -0.2) is 12.2 Å². The Morgan fingerprint density at radius 3 is 2.20 bits per heavy atom. The van der Waals surface area contributed by atoms with Crippen LogP contribution in [0, 0.1) is 19.8 Å². The van der Waals surface area contributed by atoms with E-state index in [4.69, 9.17) is 0 Å². The second-order valence-electron chi connectivity index (χ2n) is 5.67. The van der Waals surface area contributed by atoms with Crippen LogP contribution in [0.3, 0.4) is 0 Å². The first-order valence-electron chi connectivity index (χ1n) is 6.87. The minimum absolute atomic E-state index is 0.131. The summed E-state index contributed by atoms with van der Waals surface area (Å²) >= 11 is 3.53. The van der Waals surface area contributed by atoms with Gasteiger partial charge < -0.3 is 5.32 Å². The number of nitrogens with one attached hydrogen (secondary N) is 1. The van der Waals surface area contributed by atoms with Crippen molar-refractivity contribution < 1.29 is 13.2 Å². The highest BCUT2D eigenvalue weighted by molar-refractivity contribution is 9.10. The summed E-state index contributed by atoms with van der Waals surface area (Å²) in [6, 6.07) is 4.23. The fourth-order valence-electron chi connectivity index (χ4n) is 2.87. The number of anilines is 1. The van der Waals surface area contributed by atoms with Gasteiger partial charge in [-0.2, -0.15) is 13.2 Å². The van der Waals surface area contributed by atoms with Crippen molar-refractivity contribution in [2.24, 2.45) is 5.92 Å². The third-order valence-corrected chi connectivity index (χ3v) is 4.60. The van der Waals surface area contributed by atoms with Gasteiger partial charge in [-0.3, -0.25) is 0 Å². The third-order valence-electron chi connectivity index (χ3n) is 3.97. The van der Waals surface area contributed by atoms with Crippen LogP contribution in [0.4, 0.5) is 18.9 Å². The Labute approximate surface area is 126 Å². The monoisotopic (exact) mass is 349 g/mol. The number of hydrogen-bond donors (Lipinski definition) is 1.